The first-order valence-corrected chi connectivity index (χ1v) is 13.0. The van der Waals surface area contributed by atoms with E-state index in [9.17, 15) is 13.2 Å². The fraction of sp³-hybridized carbons (Fsp3) is 0.667. The van der Waals surface area contributed by atoms with Crippen molar-refractivity contribution in [3.05, 3.63) is 35.4 Å². The van der Waals surface area contributed by atoms with Crippen molar-refractivity contribution >= 4 is 27.8 Å². The molecule has 1 aromatic rings. The van der Waals surface area contributed by atoms with Crippen LogP contribution in [0, 0.1) is 0 Å². The molecule has 2 N–H and O–H groups in total. The number of carbonyl (C=O) groups excluding carboxylic acids is 1. The minimum atomic E-state index is -3.67. The van der Waals surface area contributed by atoms with Crippen molar-refractivity contribution < 1.29 is 17.8 Å². The van der Waals surface area contributed by atoms with Crippen LogP contribution in [-0.2, 0) is 14.9 Å². The Morgan fingerprint density at radius 1 is 1.31 bits per heavy atom. The molecule has 1 aromatic carbocycles. The van der Waals surface area contributed by atoms with Gasteiger partial charge in [-0.1, -0.05) is 38.1 Å². The normalized spacial score (nSPS) is 18.7. The van der Waals surface area contributed by atoms with Crippen LogP contribution < -0.4 is 5.32 Å². The lowest BCUT2D eigenvalue weighted by Gasteiger charge is -2.29. The van der Waals surface area contributed by atoms with Crippen molar-refractivity contribution in [3.63, 3.8) is 0 Å². The molecule has 0 radical (unpaired) electrons. The van der Waals surface area contributed by atoms with Crippen molar-refractivity contribution in [2.75, 3.05) is 38.7 Å². The van der Waals surface area contributed by atoms with E-state index in [2.05, 4.69) is 67.1 Å². The number of amides is 1. The summed E-state index contributed by atoms with van der Waals surface area (Å²) in [6, 6.07) is 8.43. The van der Waals surface area contributed by atoms with Gasteiger partial charge in [-0.2, -0.15) is 20.2 Å². The van der Waals surface area contributed by atoms with Crippen LogP contribution in [0.5, 0.6) is 0 Å². The van der Waals surface area contributed by atoms with Crippen LogP contribution in [0.1, 0.15) is 56.6 Å². The summed E-state index contributed by atoms with van der Waals surface area (Å²) in [7, 11) is -1.47. The number of rotatable bonds is 7. The number of benzene rings is 1. The van der Waals surface area contributed by atoms with Crippen molar-refractivity contribution in [3.8, 4) is 0 Å². The average Bonchev–Trinajstić information content (AvgIpc) is 2.63. The van der Waals surface area contributed by atoms with E-state index < -0.39 is 10.1 Å². The summed E-state index contributed by atoms with van der Waals surface area (Å²) in [5, 5.41) is 3.84. The summed E-state index contributed by atoms with van der Waals surface area (Å²) in [6.07, 6.45) is 2.97. The van der Waals surface area contributed by atoms with Crippen LogP contribution >= 0.6 is 11.8 Å². The lowest BCUT2D eigenvalue weighted by Crippen LogP contribution is -2.35. The molecule has 0 aromatic heterocycles. The molecule has 1 saturated heterocycles. The third-order valence-electron chi connectivity index (χ3n) is 4.81. The maximum Gasteiger partial charge on any atom is 0.261 e. The van der Waals surface area contributed by atoms with Crippen molar-refractivity contribution in [1.29, 1.82) is 0 Å². The number of nitrogens with one attached hydrogen (secondary N) is 1. The maximum atomic E-state index is 12.4. The second kappa shape index (κ2) is 12.6. The molecule has 1 heterocycles. The van der Waals surface area contributed by atoms with E-state index in [4.69, 9.17) is 4.55 Å². The van der Waals surface area contributed by atoms with Gasteiger partial charge in [0, 0.05) is 30.6 Å². The van der Waals surface area contributed by atoms with E-state index in [0.29, 0.717) is 12.2 Å². The molecule has 8 heteroatoms. The van der Waals surface area contributed by atoms with Crippen molar-refractivity contribution in [2.24, 2.45) is 0 Å². The molecular formula is C21H36N2O4S2. The molecule has 6 nitrogen and oxygen atoms in total. The fourth-order valence-electron chi connectivity index (χ4n) is 3.07. The maximum absolute atomic E-state index is 12.4. The molecule has 0 aliphatic carbocycles. The number of carbonyl (C=O) groups is 1. The van der Waals surface area contributed by atoms with Gasteiger partial charge in [-0.25, -0.2) is 0 Å². The number of hydrogen-bond donors (Lipinski definition) is 2. The average molecular weight is 445 g/mol. The Bertz CT molecular complexity index is 730. The molecule has 1 aliphatic rings. The predicted molar refractivity (Wildman–Crippen MR) is 122 cm³/mol. The first-order chi connectivity index (χ1) is 13.5. The zero-order valence-corrected chi connectivity index (χ0v) is 19.9. The Morgan fingerprint density at radius 3 is 2.52 bits per heavy atom. The van der Waals surface area contributed by atoms with Gasteiger partial charge < -0.3 is 10.2 Å². The van der Waals surface area contributed by atoms with E-state index in [-0.39, 0.29) is 11.8 Å². The van der Waals surface area contributed by atoms with Crippen LogP contribution in [0.2, 0.25) is 0 Å². The van der Waals surface area contributed by atoms with Gasteiger partial charge in [-0.15, -0.1) is 0 Å². The minimum absolute atomic E-state index is 0.0844. The highest BCUT2D eigenvalue weighted by Gasteiger charge is 2.18. The Balaban J connectivity index is 0.000000749. The zero-order chi connectivity index (χ0) is 22.0. The molecule has 29 heavy (non-hydrogen) atoms. The Labute approximate surface area is 180 Å². The smallest absolute Gasteiger partial charge is 0.261 e. The quantitative estimate of drug-likeness (QED) is 0.495. The monoisotopic (exact) mass is 444 g/mol. The highest BCUT2D eigenvalue weighted by molar-refractivity contribution is 8.00. The van der Waals surface area contributed by atoms with Crippen LogP contribution in [-0.4, -0.2) is 67.7 Å². The number of nitrogens with zero attached hydrogens (tertiary/aromatic N) is 1. The third-order valence-corrected chi connectivity index (χ3v) is 6.09. The summed E-state index contributed by atoms with van der Waals surface area (Å²) < 4.78 is 25.9. The minimum Gasteiger partial charge on any atom is -0.356 e. The lowest BCUT2D eigenvalue weighted by molar-refractivity contribution is -0.122. The third kappa shape index (κ3) is 11.6. The Hall–Kier alpha value is -1.09. The van der Waals surface area contributed by atoms with E-state index in [1.54, 1.807) is 0 Å². The van der Waals surface area contributed by atoms with Crippen LogP contribution in [0.25, 0.3) is 0 Å². The fourth-order valence-corrected chi connectivity index (χ4v) is 4.52. The summed E-state index contributed by atoms with van der Waals surface area (Å²) >= 11 is 2.08. The highest BCUT2D eigenvalue weighted by atomic mass is 32.2. The first-order valence-electron chi connectivity index (χ1n) is 10.1. The second-order valence-electron chi connectivity index (χ2n) is 7.97. The van der Waals surface area contributed by atoms with Gasteiger partial charge in [0.25, 0.3) is 10.1 Å². The largest absolute Gasteiger partial charge is 0.356 e. The Morgan fingerprint density at radius 2 is 1.93 bits per heavy atom. The molecule has 0 spiro atoms. The molecule has 1 aliphatic heterocycles. The van der Waals surface area contributed by atoms with E-state index in [1.165, 1.54) is 30.8 Å². The number of hydrogen-bond acceptors (Lipinski definition) is 5. The summed E-state index contributed by atoms with van der Waals surface area (Å²) in [4.78, 5) is 14.8. The number of thioether (sulfide) groups is 1. The molecule has 1 amide bonds. The molecule has 1 fully saturated rings. The lowest BCUT2D eigenvalue weighted by atomic mass is 9.94. The summed E-state index contributed by atoms with van der Waals surface area (Å²) in [6.45, 7) is 9.53. The van der Waals surface area contributed by atoms with Gasteiger partial charge in [0.2, 0.25) is 5.91 Å². The van der Waals surface area contributed by atoms with Crippen molar-refractivity contribution in [1.82, 2.24) is 10.2 Å². The van der Waals surface area contributed by atoms with E-state index >= 15 is 0 Å². The van der Waals surface area contributed by atoms with Gasteiger partial charge >= 0.3 is 0 Å². The van der Waals surface area contributed by atoms with Gasteiger partial charge in [0.15, 0.2) is 0 Å². The molecule has 0 saturated carbocycles. The molecule has 166 valence electrons. The topological polar surface area (TPSA) is 86.7 Å². The van der Waals surface area contributed by atoms with E-state index in [0.717, 1.165) is 23.8 Å². The van der Waals surface area contributed by atoms with Gasteiger partial charge in [0.05, 0.1) is 12.2 Å². The molecule has 2 rings (SSSR count). The predicted octanol–water partition coefficient (Wildman–Crippen LogP) is 3.36. The SMILES string of the molecule is CC(C)c1cccc(C(C)C(=O)NCCCC2CN(C)CCS2)c1.CS(=O)(=O)O. The zero-order valence-electron chi connectivity index (χ0n) is 18.2. The Kier molecular flexibility index (Phi) is 11.2. The summed E-state index contributed by atoms with van der Waals surface area (Å²) in [5.74, 6) is 1.78. The van der Waals surface area contributed by atoms with Gasteiger partial charge in [-0.05, 0) is 43.9 Å². The van der Waals surface area contributed by atoms with Gasteiger partial charge in [-0.3, -0.25) is 9.35 Å². The summed E-state index contributed by atoms with van der Waals surface area (Å²) in [5.41, 5.74) is 2.41. The standard InChI is InChI=1S/C20H32N2OS.CH4O3S/c1-15(2)17-7-5-8-18(13-17)16(3)20(23)21-10-6-9-19-14-22(4)11-12-24-19;1-5(2,3)4/h5,7-8,13,15-16,19H,6,9-12,14H2,1-4H3,(H,21,23);1H3,(H,2,3,4). The molecular weight excluding hydrogens is 408 g/mol. The van der Waals surface area contributed by atoms with Crippen LogP contribution in [0.4, 0.5) is 0 Å². The highest BCUT2D eigenvalue weighted by Crippen LogP contribution is 2.23. The van der Waals surface area contributed by atoms with Crippen molar-refractivity contribution in [2.45, 2.75) is 50.7 Å². The molecule has 2 unspecified atom stereocenters. The van der Waals surface area contributed by atoms with Crippen LogP contribution in [0.3, 0.4) is 0 Å². The van der Waals surface area contributed by atoms with Gasteiger partial charge in [0.1, 0.15) is 0 Å². The molecule has 0 bridgehead atoms. The van der Waals surface area contributed by atoms with E-state index in [1.807, 2.05) is 6.92 Å². The van der Waals surface area contributed by atoms with Crippen LogP contribution in [0.15, 0.2) is 24.3 Å². The second-order valence-corrected chi connectivity index (χ2v) is 10.8. The first kappa shape index (κ1) is 25.9. The molecule has 2 atom stereocenters.